The van der Waals surface area contributed by atoms with Gasteiger partial charge in [-0.15, -0.1) is 0 Å². The molecule has 1 aliphatic rings. The Morgan fingerprint density at radius 3 is 2.33 bits per heavy atom. The van der Waals surface area contributed by atoms with Crippen LogP contribution in [0.3, 0.4) is 0 Å². The summed E-state index contributed by atoms with van der Waals surface area (Å²) in [5, 5.41) is 8.74. The molecule has 1 saturated heterocycles. The number of alkyl halides is 3. The minimum Gasteiger partial charge on any atom is -0.303 e. The summed E-state index contributed by atoms with van der Waals surface area (Å²) >= 11 is 5.36. The predicted molar refractivity (Wildman–Crippen MR) is 105 cm³/mol. The van der Waals surface area contributed by atoms with Gasteiger partial charge in [-0.1, -0.05) is 6.07 Å². The third-order valence-electron chi connectivity index (χ3n) is 4.66. The first-order valence-electron chi connectivity index (χ1n) is 8.40. The summed E-state index contributed by atoms with van der Waals surface area (Å²) in [7, 11) is 0. The monoisotopic (exact) mass is 432 g/mol. The topological polar surface area (TPSA) is 51.7 Å². The number of benzene rings is 2. The van der Waals surface area contributed by atoms with Crippen LogP contribution in [0.15, 0.2) is 36.4 Å². The molecule has 0 bridgehead atoms. The van der Waals surface area contributed by atoms with Crippen molar-refractivity contribution in [3.63, 3.8) is 0 Å². The van der Waals surface area contributed by atoms with Crippen molar-refractivity contribution in [2.75, 3.05) is 9.80 Å². The first kappa shape index (κ1) is 21.2. The van der Waals surface area contributed by atoms with Crippen molar-refractivity contribution in [1.29, 1.82) is 5.26 Å². The van der Waals surface area contributed by atoms with E-state index in [4.69, 9.17) is 24.1 Å². The fourth-order valence-corrected chi connectivity index (χ4v) is 3.70. The van der Waals surface area contributed by atoms with Crippen LogP contribution >= 0.6 is 12.2 Å². The first-order chi connectivity index (χ1) is 13.9. The highest BCUT2D eigenvalue weighted by atomic mass is 32.1. The number of thiocarbonyl (C=S) groups is 1. The Hall–Kier alpha value is -3.50. The van der Waals surface area contributed by atoms with E-state index in [1.54, 1.807) is 6.07 Å². The van der Waals surface area contributed by atoms with Crippen molar-refractivity contribution in [2.45, 2.75) is 25.6 Å². The SMILES string of the molecule is [C-]#[N+]c1ccc(N2C(=O)C(C)(C)N(c3ccc(C#N)c(F)c3)C2=S)cc1C(F)(F)F. The van der Waals surface area contributed by atoms with Crippen LogP contribution in [0.1, 0.15) is 25.0 Å². The lowest BCUT2D eigenvalue weighted by atomic mass is 10.0. The van der Waals surface area contributed by atoms with E-state index in [1.807, 2.05) is 0 Å². The number of nitrogens with zero attached hydrogens (tertiary/aromatic N) is 4. The number of amides is 1. The number of hydrogen-bond acceptors (Lipinski definition) is 3. The molecule has 0 spiro atoms. The first-order valence-corrected chi connectivity index (χ1v) is 8.81. The average Bonchev–Trinajstić information content (AvgIpc) is 2.85. The second-order valence-corrected chi connectivity index (χ2v) is 7.27. The molecule has 0 saturated carbocycles. The Balaban J connectivity index is 2.13. The predicted octanol–water partition coefficient (Wildman–Crippen LogP) is 5.18. The highest BCUT2D eigenvalue weighted by Crippen LogP contribution is 2.42. The summed E-state index contributed by atoms with van der Waals surface area (Å²) in [6.07, 6.45) is -4.80. The third-order valence-corrected chi connectivity index (χ3v) is 5.03. The number of nitriles is 1. The molecule has 3 rings (SSSR count). The Morgan fingerprint density at radius 1 is 1.17 bits per heavy atom. The molecule has 0 radical (unpaired) electrons. The van der Waals surface area contributed by atoms with Gasteiger partial charge in [-0.3, -0.25) is 9.69 Å². The zero-order valence-corrected chi connectivity index (χ0v) is 16.4. The number of halogens is 4. The van der Waals surface area contributed by atoms with E-state index < -0.39 is 34.7 Å². The Kier molecular flexibility index (Phi) is 5.01. The number of rotatable bonds is 2. The number of carbonyl (C=O) groups is 1. The normalized spacial score (nSPS) is 15.9. The van der Waals surface area contributed by atoms with Crippen LogP contribution in [0.25, 0.3) is 4.85 Å². The van der Waals surface area contributed by atoms with Crippen LogP contribution < -0.4 is 9.80 Å². The summed E-state index contributed by atoms with van der Waals surface area (Å²) in [6.45, 7) is 9.93. The van der Waals surface area contributed by atoms with Crippen LogP contribution in [0, 0.1) is 23.7 Å². The summed E-state index contributed by atoms with van der Waals surface area (Å²) in [4.78, 5) is 18.2. The fraction of sp³-hybridized carbons (Fsp3) is 0.200. The van der Waals surface area contributed by atoms with Gasteiger partial charge >= 0.3 is 6.18 Å². The maximum Gasteiger partial charge on any atom is 0.407 e. The summed E-state index contributed by atoms with van der Waals surface area (Å²) in [5.74, 6) is -1.44. The second-order valence-electron chi connectivity index (χ2n) is 6.90. The van der Waals surface area contributed by atoms with Crippen molar-refractivity contribution in [3.05, 3.63) is 64.8 Å². The van der Waals surface area contributed by atoms with Gasteiger partial charge in [0, 0.05) is 11.4 Å². The third kappa shape index (κ3) is 3.25. The van der Waals surface area contributed by atoms with Gasteiger partial charge in [0.15, 0.2) is 10.8 Å². The fourth-order valence-electron chi connectivity index (χ4n) is 3.18. The van der Waals surface area contributed by atoms with Gasteiger partial charge in [0.25, 0.3) is 5.91 Å². The van der Waals surface area contributed by atoms with Gasteiger partial charge in [-0.05, 0) is 56.4 Å². The molecular weight excluding hydrogens is 420 g/mol. The quantitative estimate of drug-likeness (QED) is 0.373. The van der Waals surface area contributed by atoms with E-state index in [2.05, 4.69) is 4.85 Å². The van der Waals surface area contributed by atoms with Crippen molar-refractivity contribution < 1.29 is 22.4 Å². The zero-order chi connectivity index (χ0) is 22.4. The van der Waals surface area contributed by atoms with E-state index in [0.717, 1.165) is 17.0 Å². The zero-order valence-electron chi connectivity index (χ0n) is 15.6. The molecule has 0 atom stereocenters. The lowest BCUT2D eigenvalue weighted by molar-refractivity contribution is -0.136. The van der Waals surface area contributed by atoms with Crippen molar-refractivity contribution in [2.24, 2.45) is 0 Å². The highest BCUT2D eigenvalue weighted by Gasteiger charge is 2.50. The molecule has 1 fully saturated rings. The van der Waals surface area contributed by atoms with Gasteiger partial charge in [0.2, 0.25) is 0 Å². The lowest BCUT2D eigenvalue weighted by Gasteiger charge is -2.29. The molecule has 152 valence electrons. The molecule has 30 heavy (non-hydrogen) atoms. The Bertz CT molecular complexity index is 1160. The Labute approximate surface area is 174 Å². The van der Waals surface area contributed by atoms with Gasteiger partial charge < -0.3 is 4.90 Å². The molecule has 2 aromatic carbocycles. The van der Waals surface area contributed by atoms with Gasteiger partial charge in [0.05, 0.1) is 17.7 Å². The maximum absolute atomic E-state index is 14.1. The van der Waals surface area contributed by atoms with E-state index >= 15 is 0 Å². The molecule has 1 heterocycles. The van der Waals surface area contributed by atoms with E-state index in [9.17, 15) is 22.4 Å². The maximum atomic E-state index is 14.1. The molecule has 5 nitrogen and oxygen atoms in total. The largest absolute Gasteiger partial charge is 0.407 e. The molecule has 0 aromatic heterocycles. The van der Waals surface area contributed by atoms with Crippen LogP contribution in [-0.4, -0.2) is 16.6 Å². The smallest absolute Gasteiger partial charge is 0.303 e. The molecule has 10 heteroatoms. The molecule has 2 aromatic rings. The van der Waals surface area contributed by atoms with Gasteiger partial charge in [-0.2, -0.15) is 18.4 Å². The second kappa shape index (κ2) is 7.08. The summed E-state index contributed by atoms with van der Waals surface area (Å²) in [6, 6.07) is 8.20. The molecule has 1 amide bonds. The molecule has 0 unspecified atom stereocenters. The van der Waals surface area contributed by atoms with Crippen molar-refractivity contribution >= 4 is 40.3 Å². The summed E-state index contributed by atoms with van der Waals surface area (Å²) in [5.41, 5.74) is -3.32. The number of hydrogen-bond donors (Lipinski definition) is 0. The van der Waals surface area contributed by atoms with Crippen LogP contribution in [0.2, 0.25) is 0 Å². The lowest BCUT2D eigenvalue weighted by Crippen LogP contribution is -2.44. The van der Waals surface area contributed by atoms with E-state index in [-0.39, 0.29) is 22.1 Å². The van der Waals surface area contributed by atoms with Crippen LogP contribution in [-0.2, 0) is 11.0 Å². The standard InChI is InChI=1S/C20H12F4N4OS/c1-19(2)17(29)27(12-6-7-16(26-3)14(8-12)20(22,23)24)18(30)28(19)13-5-4-11(10-25)15(21)9-13/h4-9H,1-2H3. The molecule has 0 aliphatic carbocycles. The summed E-state index contributed by atoms with van der Waals surface area (Å²) < 4.78 is 54.2. The van der Waals surface area contributed by atoms with Crippen LogP contribution in [0.4, 0.5) is 34.6 Å². The average molecular weight is 432 g/mol. The van der Waals surface area contributed by atoms with Crippen LogP contribution in [0.5, 0.6) is 0 Å². The Morgan fingerprint density at radius 2 is 1.80 bits per heavy atom. The number of carbonyl (C=O) groups excluding carboxylic acids is 1. The van der Waals surface area contributed by atoms with Gasteiger partial charge in [-0.25, -0.2) is 9.24 Å². The van der Waals surface area contributed by atoms with Crippen molar-refractivity contribution in [1.82, 2.24) is 0 Å². The highest BCUT2D eigenvalue weighted by molar-refractivity contribution is 7.81. The minimum absolute atomic E-state index is 0.155. The minimum atomic E-state index is -4.80. The molecular formula is C20H12F4N4OS. The molecule has 1 aliphatic heterocycles. The number of anilines is 2. The van der Waals surface area contributed by atoms with E-state index in [1.165, 1.54) is 36.9 Å². The van der Waals surface area contributed by atoms with Crippen molar-refractivity contribution in [3.8, 4) is 6.07 Å². The van der Waals surface area contributed by atoms with Gasteiger partial charge in [0.1, 0.15) is 17.4 Å². The van der Waals surface area contributed by atoms with E-state index in [0.29, 0.717) is 6.07 Å². The molecule has 0 N–H and O–H groups in total.